The first-order valence-corrected chi connectivity index (χ1v) is 16.3. The van der Waals surface area contributed by atoms with Gasteiger partial charge >= 0.3 is 0 Å². The number of allylic oxidation sites excluding steroid dienone is 1. The molecule has 6 nitrogen and oxygen atoms in total. The van der Waals surface area contributed by atoms with E-state index in [1.54, 1.807) is 17.5 Å². The number of aliphatic imine (C=N–C) groups is 1. The predicted molar refractivity (Wildman–Crippen MR) is 161 cm³/mol. The van der Waals surface area contributed by atoms with E-state index in [0.717, 1.165) is 69.7 Å². The fraction of sp³-hybridized carbons (Fsp3) is 0.387. The molecule has 2 aromatic carbocycles. The Morgan fingerprint density at radius 1 is 1.00 bits per heavy atom. The van der Waals surface area contributed by atoms with E-state index in [0.29, 0.717) is 10.1 Å². The minimum atomic E-state index is -3.55. The van der Waals surface area contributed by atoms with Gasteiger partial charge in [-0.25, -0.2) is 13.1 Å². The number of thiophene rings is 1. The number of benzene rings is 2. The Hall–Kier alpha value is -2.78. The molecule has 0 amide bonds. The number of hydrogen-bond acceptors (Lipinski definition) is 6. The second kappa shape index (κ2) is 13.0. The number of nitrogens with zero attached hydrogens (tertiary/aromatic N) is 3. The summed E-state index contributed by atoms with van der Waals surface area (Å²) in [6.45, 7) is 6.97. The van der Waals surface area contributed by atoms with Crippen LogP contribution >= 0.6 is 11.3 Å². The summed E-state index contributed by atoms with van der Waals surface area (Å²) >= 11 is 1.25. The Morgan fingerprint density at radius 2 is 1.72 bits per heavy atom. The summed E-state index contributed by atoms with van der Waals surface area (Å²) in [4.78, 5) is 10.0. The SMILES string of the molecule is CCN1C=C(Cc2ccccc2)N=C(C2CCN(CC[C@@H](NS(=O)(=O)c3cccs3)c3ccccc3)CC2)C1. The van der Waals surface area contributed by atoms with Crippen molar-refractivity contribution in [3.63, 3.8) is 0 Å². The van der Waals surface area contributed by atoms with Gasteiger partial charge in [0.1, 0.15) is 4.21 Å². The zero-order valence-corrected chi connectivity index (χ0v) is 24.2. The van der Waals surface area contributed by atoms with Gasteiger partial charge in [0, 0.05) is 36.8 Å². The third-order valence-corrected chi connectivity index (χ3v) is 10.5. The van der Waals surface area contributed by atoms with Gasteiger partial charge in [-0.1, -0.05) is 66.7 Å². The molecule has 1 N–H and O–H groups in total. The number of rotatable bonds is 11. The van der Waals surface area contributed by atoms with Gasteiger partial charge in [0.05, 0.1) is 12.2 Å². The second-order valence-electron chi connectivity index (χ2n) is 10.4. The van der Waals surface area contributed by atoms with Gasteiger partial charge in [0.15, 0.2) is 0 Å². The number of hydrogen-bond donors (Lipinski definition) is 1. The first-order valence-electron chi connectivity index (χ1n) is 13.9. The standard InChI is InChI=1S/C31H38N4O2S2/c1-2-34-23-28(22-25-10-5-3-6-11-25)32-30(24-34)27-15-18-35(19-16-27)20-17-29(26-12-7-4-8-13-26)33-39(36,37)31-14-9-21-38-31/h3-14,21,23,27,29,33H,2,15-20,22,24H2,1H3/t29-/m1/s1. The van der Waals surface area contributed by atoms with Crippen LogP contribution in [0.25, 0.3) is 0 Å². The molecular weight excluding hydrogens is 525 g/mol. The molecule has 0 bridgehead atoms. The molecule has 5 rings (SSSR count). The maximum absolute atomic E-state index is 13.0. The molecule has 1 aromatic heterocycles. The molecule has 1 saturated heterocycles. The summed E-state index contributed by atoms with van der Waals surface area (Å²) in [7, 11) is -3.55. The van der Waals surface area contributed by atoms with Crippen molar-refractivity contribution in [1.29, 1.82) is 0 Å². The fourth-order valence-electron chi connectivity index (χ4n) is 5.47. The molecule has 0 spiro atoms. The largest absolute Gasteiger partial charge is 0.371 e. The molecule has 0 radical (unpaired) electrons. The van der Waals surface area contributed by atoms with Crippen molar-refractivity contribution >= 4 is 27.1 Å². The smallest absolute Gasteiger partial charge is 0.250 e. The lowest BCUT2D eigenvalue weighted by atomic mass is 9.90. The first kappa shape index (κ1) is 27.8. The summed E-state index contributed by atoms with van der Waals surface area (Å²) in [6, 6.07) is 23.7. The molecule has 0 saturated carbocycles. The van der Waals surface area contributed by atoms with Gasteiger partial charge in [-0.15, -0.1) is 11.3 Å². The summed E-state index contributed by atoms with van der Waals surface area (Å²) in [5, 5.41) is 1.80. The zero-order valence-electron chi connectivity index (χ0n) is 22.6. The van der Waals surface area contributed by atoms with E-state index in [2.05, 4.69) is 58.0 Å². The summed E-state index contributed by atoms with van der Waals surface area (Å²) in [6.07, 6.45) is 6.00. The zero-order chi connectivity index (χ0) is 27.1. The van der Waals surface area contributed by atoms with E-state index in [-0.39, 0.29) is 6.04 Å². The highest BCUT2D eigenvalue weighted by molar-refractivity contribution is 7.91. The molecule has 0 unspecified atom stereocenters. The number of piperidine rings is 1. The van der Waals surface area contributed by atoms with Gasteiger partial charge in [0.25, 0.3) is 10.0 Å². The van der Waals surface area contributed by atoms with Crippen molar-refractivity contribution in [2.75, 3.05) is 32.7 Å². The number of nitrogens with one attached hydrogen (secondary N) is 1. The third kappa shape index (κ3) is 7.45. The topological polar surface area (TPSA) is 65.0 Å². The highest BCUT2D eigenvalue weighted by Gasteiger charge is 2.28. The minimum Gasteiger partial charge on any atom is -0.371 e. The van der Waals surface area contributed by atoms with Gasteiger partial charge < -0.3 is 9.80 Å². The maximum atomic E-state index is 13.0. The van der Waals surface area contributed by atoms with Crippen LogP contribution in [0.1, 0.15) is 43.4 Å². The lowest BCUT2D eigenvalue weighted by molar-refractivity contribution is 0.200. The highest BCUT2D eigenvalue weighted by Crippen LogP contribution is 2.27. The van der Waals surface area contributed by atoms with E-state index in [4.69, 9.17) is 4.99 Å². The van der Waals surface area contributed by atoms with Crippen LogP contribution in [0, 0.1) is 5.92 Å². The molecule has 0 aliphatic carbocycles. The minimum absolute atomic E-state index is 0.262. The fourth-order valence-corrected chi connectivity index (χ4v) is 7.74. The Bertz CT molecular complexity index is 1350. The Balaban J connectivity index is 1.19. The average Bonchev–Trinajstić information content (AvgIpc) is 3.53. The van der Waals surface area contributed by atoms with Crippen LogP contribution in [-0.2, 0) is 16.4 Å². The molecule has 8 heteroatoms. The lowest BCUT2D eigenvalue weighted by Crippen LogP contribution is -2.41. The van der Waals surface area contributed by atoms with Crippen LogP contribution in [0.5, 0.6) is 0 Å². The molecular formula is C31H38N4O2S2. The first-order chi connectivity index (χ1) is 19.0. The van der Waals surface area contributed by atoms with Crippen LogP contribution in [0.2, 0.25) is 0 Å². The Kier molecular flexibility index (Phi) is 9.29. The van der Waals surface area contributed by atoms with Crippen molar-refractivity contribution in [1.82, 2.24) is 14.5 Å². The normalized spacial score (nSPS) is 18.0. The molecule has 2 aliphatic rings. The van der Waals surface area contributed by atoms with Gasteiger partial charge in [0.2, 0.25) is 0 Å². The van der Waals surface area contributed by atoms with Crippen molar-refractivity contribution < 1.29 is 8.42 Å². The number of sulfonamides is 1. The van der Waals surface area contributed by atoms with Crippen molar-refractivity contribution in [2.45, 2.75) is 42.9 Å². The summed E-state index contributed by atoms with van der Waals surface area (Å²) in [5.74, 6) is 0.497. The van der Waals surface area contributed by atoms with Crippen molar-refractivity contribution in [3.8, 4) is 0 Å². The van der Waals surface area contributed by atoms with E-state index in [1.165, 1.54) is 22.6 Å². The van der Waals surface area contributed by atoms with Crippen LogP contribution in [0.15, 0.2) is 99.3 Å². The summed E-state index contributed by atoms with van der Waals surface area (Å²) < 4.78 is 29.3. The van der Waals surface area contributed by atoms with E-state index >= 15 is 0 Å². The van der Waals surface area contributed by atoms with Gasteiger partial charge in [-0.05, 0) is 68.4 Å². The lowest BCUT2D eigenvalue weighted by Gasteiger charge is -2.36. The number of likely N-dealkylation sites (tertiary alicyclic amines) is 1. The predicted octanol–water partition coefficient (Wildman–Crippen LogP) is 5.73. The molecule has 206 valence electrons. The summed E-state index contributed by atoms with van der Waals surface area (Å²) in [5.41, 5.74) is 4.76. The van der Waals surface area contributed by atoms with Crippen molar-refractivity contribution in [2.24, 2.45) is 10.9 Å². The van der Waals surface area contributed by atoms with E-state index < -0.39 is 10.0 Å². The molecule has 1 atom stereocenters. The van der Waals surface area contributed by atoms with Crippen LogP contribution < -0.4 is 4.72 Å². The molecule has 2 aliphatic heterocycles. The average molecular weight is 563 g/mol. The Morgan fingerprint density at radius 3 is 2.38 bits per heavy atom. The molecule has 3 aromatic rings. The monoisotopic (exact) mass is 562 g/mol. The van der Waals surface area contributed by atoms with E-state index in [1.807, 2.05) is 30.3 Å². The molecule has 39 heavy (non-hydrogen) atoms. The second-order valence-corrected chi connectivity index (χ2v) is 13.3. The third-order valence-electron chi connectivity index (χ3n) is 7.67. The van der Waals surface area contributed by atoms with Gasteiger partial charge in [-0.2, -0.15) is 0 Å². The molecule has 3 heterocycles. The molecule has 1 fully saturated rings. The highest BCUT2D eigenvalue weighted by atomic mass is 32.2. The van der Waals surface area contributed by atoms with Crippen molar-refractivity contribution in [3.05, 3.63) is 101 Å². The van der Waals surface area contributed by atoms with Crippen LogP contribution in [-0.4, -0.2) is 56.7 Å². The van der Waals surface area contributed by atoms with Crippen LogP contribution in [0.3, 0.4) is 0 Å². The maximum Gasteiger partial charge on any atom is 0.250 e. The van der Waals surface area contributed by atoms with E-state index in [9.17, 15) is 8.42 Å². The quantitative estimate of drug-likeness (QED) is 0.324. The van der Waals surface area contributed by atoms with Crippen LogP contribution in [0.4, 0.5) is 0 Å². The Labute approximate surface area is 237 Å². The van der Waals surface area contributed by atoms with Gasteiger partial charge in [-0.3, -0.25) is 4.99 Å².